The normalized spacial score (nSPS) is 16.0. The number of benzene rings is 2. The van der Waals surface area contributed by atoms with Crippen LogP contribution in [0.25, 0.3) is 0 Å². The van der Waals surface area contributed by atoms with Crippen molar-refractivity contribution in [2.45, 2.75) is 32.7 Å². The number of piperidine rings is 1. The van der Waals surface area contributed by atoms with Gasteiger partial charge in [0.25, 0.3) is 0 Å². The van der Waals surface area contributed by atoms with Crippen LogP contribution in [0.5, 0.6) is 5.75 Å². The van der Waals surface area contributed by atoms with Crippen LogP contribution in [0.2, 0.25) is 5.02 Å². The molecule has 1 saturated heterocycles. The molecule has 2 aromatic rings. The number of carbonyl (C=O) groups excluding carboxylic acids is 2. The van der Waals surface area contributed by atoms with Gasteiger partial charge >= 0.3 is 0 Å². The third-order valence-electron chi connectivity index (χ3n) is 5.65. The average molecular weight is 430 g/mol. The SMILES string of the molecule is COc1ccccc1NC(=O)C1CCN(C(C)C(=O)Nc2cc(Cl)ccc2C)CC1. The van der Waals surface area contributed by atoms with E-state index in [1.165, 1.54) is 0 Å². The fraction of sp³-hybridized carbons (Fsp3) is 0.391. The van der Waals surface area contributed by atoms with E-state index >= 15 is 0 Å². The molecule has 0 saturated carbocycles. The van der Waals surface area contributed by atoms with Gasteiger partial charge < -0.3 is 15.4 Å². The molecule has 3 rings (SSSR count). The average Bonchev–Trinajstić information content (AvgIpc) is 2.76. The molecular weight excluding hydrogens is 402 g/mol. The summed E-state index contributed by atoms with van der Waals surface area (Å²) in [5.74, 6) is 0.476. The number of aryl methyl sites for hydroxylation is 1. The Hall–Kier alpha value is -2.57. The topological polar surface area (TPSA) is 70.7 Å². The van der Waals surface area contributed by atoms with Gasteiger partial charge in [0.05, 0.1) is 18.8 Å². The number of rotatable bonds is 6. The largest absolute Gasteiger partial charge is 0.495 e. The zero-order chi connectivity index (χ0) is 21.7. The number of halogens is 1. The lowest BCUT2D eigenvalue weighted by Gasteiger charge is -2.34. The molecule has 0 spiro atoms. The van der Waals surface area contributed by atoms with Crippen molar-refractivity contribution in [2.24, 2.45) is 5.92 Å². The van der Waals surface area contributed by atoms with E-state index in [-0.39, 0.29) is 23.8 Å². The van der Waals surface area contributed by atoms with Crippen molar-refractivity contribution in [1.82, 2.24) is 4.90 Å². The molecule has 0 radical (unpaired) electrons. The summed E-state index contributed by atoms with van der Waals surface area (Å²) in [4.78, 5) is 27.5. The van der Waals surface area contributed by atoms with E-state index in [1.807, 2.05) is 44.2 Å². The van der Waals surface area contributed by atoms with Gasteiger partial charge in [0.1, 0.15) is 5.75 Å². The number of ether oxygens (including phenoxy) is 1. The Morgan fingerprint density at radius 3 is 2.50 bits per heavy atom. The van der Waals surface area contributed by atoms with Crippen LogP contribution in [-0.4, -0.2) is 43.0 Å². The number of nitrogens with one attached hydrogen (secondary N) is 2. The first-order valence-electron chi connectivity index (χ1n) is 10.1. The Bertz CT molecular complexity index is 910. The minimum absolute atomic E-state index is 0.00851. The predicted molar refractivity (Wildman–Crippen MR) is 120 cm³/mol. The van der Waals surface area contributed by atoms with Gasteiger partial charge in [0.2, 0.25) is 11.8 Å². The third kappa shape index (κ3) is 5.32. The second-order valence-corrected chi connectivity index (χ2v) is 8.06. The summed E-state index contributed by atoms with van der Waals surface area (Å²) in [5, 5.41) is 6.53. The monoisotopic (exact) mass is 429 g/mol. The maximum Gasteiger partial charge on any atom is 0.241 e. The Morgan fingerprint density at radius 2 is 1.80 bits per heavy atom. The predicted octanol–water partition coefficient (Wildman–Crippen LogP) is 4.33. The van der Waals surface area contributed by atoms with Crippen LogP contribution in [0.1, 0.15) is 25.3 Å². The zero-order valence-electron chi connectivity index (χ0n) is 17.6. The van der Waals surface area contributed by atoms with E-state index in [2.05, 4.69) is 15.5 Å². The van der Waals surface area contributed by atoms with E-state index < -0.39 is 0 Å². The van der Waals surface area contributed by atoms with E-state index in [9.17, 15) is 9.59 Å². The molecule has 160 valence electrons. The van der Waals surface area contributed by atoms with Crippen molar-refractivity contribution in [3.05, 3.63) is 53.1 Å². The molecule has 0 aromatic heterocycles. The van der Waals surface area contributed by atoms with Gasteiger partial charge in [-0.05, 0) is 69.6 Å². The van der Waals surface area contributed by atoms with Crippen LogP contribution < -0.4 is 15.4 Å². The summed E-state index contributed by atoms with van der Waals surface area (Å²) in [7, 11) is 1.58. The van der Waals surface area contributed by atoms with Crippen LogP contribution in [0.15, 0.2) is 42.5 Å². The quantitative estimate of drug-likeness (QED) is 0.716. The molecule has 2 amide bonds. The van der Waals surface area contributed by atoms with Gasteiger partial charge in [-0.15, -0.1) is 0 Å². The molecule has 30 heavy (non-hydrogen) atoms. The summed E-state index contributed by atoms with van der Waals surface area (Å²) >= 11 is 6.04. The number of anilines is 2. The molecule has 2 N–H and O–H groups in total. The van der Waals surface area contributed by atoms with Gasteiger partial charge in [-0.2, -0.15) is 0 Å². The number of methoxy groups -OCH3 is 1. The van der Waals surface area contributed by atoms with Gasteiger partial charge in [-0.3, -0.25) is 14.5 Å². The van der Waals surface area contributed by atoms with Gasteiger partial charge in [-0.1, -0.05) is 29.8 Å². The van der Waals surface area contributed by atoms with Crippen molar-refractivity contribution in [2.75, 3.05) is 30.8 Å². The van der Waals surface area contributed by atoms with E-state index in [0.717, 1.165) is 11.3 Å². The van der Waals surface area contributed by atoms with Crippen LogP contribution in [0.3, 0.4) is 0 Å². The second kappa shape index (κ2) is 9.96. The number of hydrogen-bond acceptors (Lipinski definition) is 4. The lowest BCUT2D eigenvalue weighted by Crippen LogP contribution is -2.47. The number of carbonyl (C=O) groups is 2. The standard InChI is InChI=1S/C23H28ClN3O3/c1-15-8-9-18(24)14-20(15)26-22(28)16(2)27-12-10-17(11-13-27)23(29)25-19-6-4-5-7-21(19)30-3/h4-9,14,16-17H,10-13H2,1-3H3,(H,25,29)(H,26,28). The van der Waals surface area contributed by atoms with E-state index in [4.69, 9.17) is 16.3 Å². The van der Waals surface area contributed by atoms with Gasteiger partial charge in [0, 0.05) is 16.6 Å². The Balaban J connectivity index is 1.53. The summed E-state index contributed by atoms with van der Waals surface area (Å²) in [5.41, 5.74) is 2.37. The first-order valence-corrected chi connectivity index (χ1v) is 10.5. The minimum Gasteiger partial charge on any atom is -0.495 e. The highest BCUT2D eigenvalue weighted by atomic mass is 35.5. The Morgan fingerprint density at radius 1 is 1.10 bits per heavy atom. The first kappa shape index (κ1) is 22.1. The maximum absolute atomic E-state index is 12.7. The number of nitrogens with zero attached hydrogens (tertiary/aromatic N) is 1. The highest BCUT2D eigenvalue weighted by molar-refractivity contribution is 6.31. The Labute approximate surface area is 182 Å². The molecule has 1 aliphatic rings. The summed E-state index contributed by atoms with van der Waals surface area (Å²) in [6, 6.07) is 12.5. The fourth-order valence-corrected chi connectivity index (χ4v) is 3.84. The van der Waals surface area contributed by atoms with Crippen LogP contribution in [-0.2, 0) is 9.59 Å². The second-order valence-electron chi connectivity index (χ2n) is 7.62. The first-order chi connectivity index (χ1) is 14.4. The zero-order valence-corrected chi connectivity index (χ0v) is 18.3. The number of hydrogen-bond donors (Lipinski definition) is 2. The molecule has 1 aliphatic heterocycles. The van der Waals surface area contributed by atoms with Crippen molar-refractivity contribution in [3.8, 4) is 5.75 Å². The molecule has 1 fully saturated rings. The van der Waals surface area contributed by atoms with Crippen molar-refractivity contribution in [3.63, 3.8) is 0 Å². The number of amides is 2. The van der Waals surface area contributed by atoms with Gasteiger partial charge in [0.15, 0.2) is 0 Å². The van der Waals surface area contributed by atoms with E-state index in [0.29, 0.717) is 42.4 Å². The van der Waals surface area contributed by atoms with E-state index in [1.54, 1.807) is 19.2 Å². The van der Waals surface area contributed by atoms with Crippen molar-refractivity contribution < 1.29 is 14.3 Å². The highest BCUT2D eigenvalue weighted by Crippen LogP contribution is 2.27. The smallest absolute Gasteiger partial charge is 0.241 e. The Kier molecular flexibility index (Phi) is 7.34. The van der Waals surface area contributed by atoms with Crippen molar-refractivity contribution >= 4 is 34.8 Å². The molecule has 6 nitrogen and oxygen atoms in total. The van der Waals surface area contributed by atoms with Crippen LogP contribution in [0, 0.1) is 12.8 Å². The van der Waals surface area contributed by atoms with Crippen LogP contribution in [0.4, 0.5) is 11.4 Å². The molecule has 1 unspecified atom stereocenters. The van der Waals surface area contributed by atoms with Gasteiger partial charge in [-0.25, -0.2) is 0 Å². The highest BCUT2D eigenvalue weighted by Gasteiger charge is 2.30. The molecular formula is C23H28ClN3O3. The maximum atomic E-state index is 12.7. The van der Waals surface area contributed by atoms with Crippen LogP contribution >= 0.6 is 11.6 Å². The molecule has 2 aromatic carbocycles. The molecule has 0 bridgehead atoms. The minimum atomic E-state index is -0.290. The molecule has 7 heteroatoms. The third-order valence-corrected chi connectivity index (χ3v) is 5.88. The lowest BCUT2D eigenvalue weighted by atomic mass is 9.94. The number of para-hydroxylation sites is 2. The lowest BCUT2D eigenvalue weighted by molar-refractivity contribution is -0.123. The molecule has 1 atom stereocenters. The van der Waals surface area contributed by atoms with Crippen molar-refractivity contribution in [1.29, 1.82) is 0 Å². The molecule has 0 aliphatic carbocycles. The summed E-state index contributed by atoms with van der Waals surface area (Å²) in [6.45, 7) is 5.20. The number of likely N-dealkylation sites (tertiary alicyclic amines) is 1. The fourth-order valence-electron chi connectivity index (χ4n) is 3.66. The summed E-state index contributed by atoms with van der Waals surface area (Å²) in [6.07, 6.45) is 1.41. The molecule has 1 heterocycles. The summed E-state index contributed by atoms with van der Waals surface area (Å²) < 4.78 is 5.30.